The lowest BCUT2D eigenvalue weighted by molar-refractivity contribution is -0.131. The Hall–Kier alpha value is -2.21. The summed E-state index contributed by atoms with van der Waals surface area (Å²) < 4.78 is 14.0. The highest BCUT2D eigenvalue weighted by molar-refractivity contribution is 5.83. The van der Waals surface area contributed by atoms with Crippen molar-refractivity contribution in [2.45, 2.75) is 90.1 Å². The van der Waals surface area contributed by atoms with Crippen molar-refractivity contribution in [3.8, 4) is 0 Å². The van der Waals surface area contributed by atoms with E-state index in [1.807, 2.05) is 21.9 Å². The lowest BCUT2D eigenvalue weighted by Crippen LogP contribution is -2.49. The first-order valence-electron chi connectivity index (χ1n) is 14.2. The summed E-state index contributed by atoms with van der Waals surface area (Å²) in [6.07, 6.45) is 14.7. The van der Waals surface area contributed by atoms with E-state index < -0.39 is 6.10 Å². The molecular weight excluding hydrogens is 455 g/mol. The molecule has 0 bridgehead atoms. The van der Waals surface area contributed by atoms with Crippen molar-refractivity contribution in [3.63, 3.8) is 0 Å². The van der Waals surface area contributed by atoms with E-state index in [0.29, 0.717) is 50.5 Å². The van der Waals surface area contributed by atoms with Gasteiger partial charge in [0.05, 0.1) is 11.8 Å². The Morgan fingerprint density at radius 3 is 2.58 bits per heavy atom. The van der Waals surface area contributed by atoms with Gasteiger partial charge in [0, 0.05) is 44.9 Å². The third-order valence-corrected chi connectivity index (χ3v) is 7.82. The van der Waals surface area contributed by atoms with Crippen molar-refractivity contribution >= 4 is 17.4 Å². The van der Waals surface area contributed by atoms with Gasteiger partial charge in [0.25, 0.3) is 0 Å². The van der Waals surface area contributed by atoms with Gasteiger partial charge in [-0.25, -0.2) is 4.39 Å². The van der Waals surface area contributed by atoms with Gasteiger partial charge in [-0.1, -0.05) is 69.7 Å². The van der Waals surface area contributed by atoms with Crippen LogP contribution in [0.3, 0.4) is 0 Å². The number of ketones is 1. The van der Waals surface area contributed by atoms with Crippen LogP contribution in [0.25, 0.3) is 0 Å². The molecule has 0 spiro atoms. The van der Waals surface area contributed by atoms with E-state index in [0.717, 1.165) is 64.2 Å². The summed E-state index contributed by atoms with van der Waals surface area (Å²) in [6.45, 7) is 4.76. The minimum atomic E-state index is -0.395. The van der Waals surface area contributed by atoms with Crippen LogP contribution < -0.4 is 4.90 Å². The predicted molar refractivity (Wildman–Crippen MR) is 143 cm³/mol. The van der Waals surface area contributed by atoms with Gasteiger partial charge in [0.1, 0.15) is 11.6 Å². The van der Waals surface area contributed by atoms with E-state index in [-0.39, 0.29) is 23.6 Å². The van der Waals surface area contributed by atoms with E-state index >= 15 is 0 Å². The number of aliphatic hydroxyl groups is 1. The van der Waals surface area contributed by atoms with Crippen molar-refractivity contribution < 1.29 is 19.1 Å². The first-order chi connectivity index (χ1) is 17.5. The van der Waals surface area contributed by atoms with Crippen molar-refractivity contribution in [3.05, 3.63) is 42.2 Å². The zero-order valence-electron chi connectivity index (χ0n) is 22.0. The summed E-state index contributed by atoms with van der Waals surface area (Å²) in [4.78, 5) is 28.9. The average Bonchev–Trinajstić information content (AvgIpc) is 3.24. The minimum absolute atomic E-state index is 0.0940. The average molecular weight is 501 g/mol. The molecule has 1 aliphatic carbocycles. The monoisotopic (exact) mass is 500 g/mol. The maximum absolute atomic E-state index is 14.0. The number of carbonyl (C=O) groups is 2. The first-order valence-corrected chi connectivity index (χ1v) is 14.2. The summed E-state index contributed by atoms with van der Waals surface area (Å²) in [5, 5.41) is 10.2. The molecule has 0 aromatic heterocycles. The lowest BCUT2D eigenvalue weighted by atomic mass is 9.89. The Morgan fingerprint density at radius 1 is 1.08 bits per heavy atom. The van der Waals surface area contributed by atoms with Crippen LogP contribution in [0.5, 0.6) is 0 Å². The number of hydrogen-bond acceptors (Lipinski definition) is 4. The number of hydrogen-bond donors (Lipinski definition) is 1. The molecule has 1 aromatic rings. The number of carbonyl (C=O) groups excluding carboxylic acids is 2. The summed E-state index contributed by atoms with van der Waals surface area (Å²) in [7, 11) is 0. The molecule has 200 valence electrons. The minimum Gasteiger partial charge on any atom is -0.389 e. The van der Waals surface area contributed by atoms with E-state index in [4.69, 9.17) is 0 Å². The number of benzene rings is 1. The van der Waals surface area contributed by atoms with Crippen LogP contribution in [0.1, 0.15) is 84.0 Å². The second-order valence-corrected chi connectivity index (χ2v) is 10.5. The van der Waals surface area contributed by atoms with Crippen LogP contribution >= 0.6 is 0 Å². The second kappa shape index (κ2) is 15.1. The van der Waals surface area contributed by atoms with Crippen molar-refractivity contribution in [1.29, 1.82) is 0 Å². The molecule has 1 saturated heterocycles. The van der Waals surface area contributed by atoms with Crippen LogP contribution in [0, 0.1) is 17.7 Å². The first kappa shape index (κ1) is 28.4. The van der Waals surface area contributed by atoms with Crippen molar-refractivity contribution in [2.24, 2.45) is 11.8 Å². The number of para-hydroxylation sites is 1. The van der Waals surface area contributed by atoms with E-state index in [1.165, 1.54) is 6.07 Å². The van der Waals surface area contributed by atoms with E-state index in [9.17, 15) is 19.1 Å². The second-order valence-electron chi connectivity index (χ2n) is 10.5. The molecule has 1 saturated carbocycles. The Balaban J connectivity index is 1.28. The van der Waals surface area contributed by atoms with Gasteiger partial charge in [-0.05, 0) is 43.7 Å². The molecule has 1 aromatic carbocycles. The summed E-state index contributed by atoms with van der Waals surface area (Å²) >= 11 is 0. The van der Waals surface area contributed by atoms with E-state index in [1.54, 1.807) is 12.1 Å². The smallest absolute Gasteiger partial charge is 0.222 e. The zero-order chi connectivity index (χ0) is 25.8. The highest BCUT2D eigenvalue weighted by atomic mass is 19.1. The number of Topliss-reactive ketones (excluding diaryl/α,β-unsaturated/α-hetero) is 1. The molecule has 36 heavy (non-hydrogen) atoms. The summed E-state index contributed by atoms with van der Waals surface area (Å²) in [5.74, 6) is 0.713. The highest BCUT2D eigenvalue weighted by Crippen LogP contribution is 2.34. The summed E-state index contributed by atoms with van der Waals surface area (Å²) in [5.41, 5.74) is 0.617. The molecule has 6 heteroatoms. The number of piperazine rings is 1. The van der Waals surface area contributed by atoms with Gasteiger partial charge in [-0.15, -0.1) is 0 Å². The maximum Gasteiger partial charge on any atom is 0.222 e. The molecule has 5 nitrogen and oxygen atoms in total. The quantitative estimate of drug-likeness (QED) is 0.255. The largest absolute Gasteiger partial charge is 0.389 e. The van der Waals surface area contributed by atoms with Gasteiger partial charge in [0.15, 0.2) is 0 Å². The Labute approximate surface area is 216 Å². The molecule has 1 amide bonds. The number of halogens is 1. The molecule has 0 radical (unpaired) electrons. The van der Waals surface area contributed by atoms with Crippen molar-refractivity contribution in [1.82, 2.24) is 4.90 Å². The Kier molecular flexibility index (Phi) is 11.9. The number of amides is 1. The van der Waals surface area contributed by atoms with Crippen LogP contribution in [0.2, 0.25) is 0 Å². The number of rotatable bonds is 14. The van der Waals surface area contributed by atoms with Gasteiger partial charge >= 0.3 is 0 Å². The number of allylic oxidation sites excluding steroid dienone is 1. The fourth-order valence-corrected chi connectivity index (χ4v) is 5.57. The third kappa shape index (κ3) is 8.72. The maximum atomic E-state index is 14.0. The SMILES string of the molecule is CCCCC[C@@H](O)/C=C/[C@H]1CCC(=O)[C@@H]1CCCCCCC(=O)N1CCN(c2ccccc2F)CC1. The Morgan fingerprint density at radius 2 is 1.83 bits per heavy atom. The normalized spacial score (nSPS) is 21.5. The third-order valence-electron chi connectivity index (χ3n) is 7.82. The molecule has 2 fully saturated rings. The topological polar surface area (TPSA) is 60.9 Å². The van der Waals surface area contributed by atoms with Gasteiger partial charge < -0.3 is 14.9 Å². The lowest BCUT2D eigenvalue weighted by Gasteiger charge is -2.36. The standard InChI is InChI=1S/C30H45FN2O3/c1-2-3-6-11-25(34)18-16-24-17-19-29(35)26(24)12-7-4-5-8-15-30(36)33-22-20-32(21-23-33)28-14-10-9-13-27(28)31/h9-10,13-14,16,18,24-26,34H,2-8,11-12,15,17,19-23H2,1H3/b18-16+/t24-,25+,26+/m0/s1. The molecule has 1 heterocycles. The molecule has 2 aliphatic rings. The van der Waals surface area contributed by atoms with Crippen LogP contribution in [-0.2, 0) is 9.59 Å². The summed E-state index contributed by atoms with van der Waals surface area (Å²) in [6, 6.07) is 6.81. The van der Waals surface area contributed by atoms with Crippen molar-refractivity contribution in [2.75, 3.05) is 31.1 Å². The number of anilines is 1. The number of aliphatic hydroxyl groups excluding tert-OH is 1. The molecular formula is C30H45FN2O3. The highest BCUT2D eigenvalue weighted by Gasteiger charge is 2.32. The van der Waals surface area contributed by atoms with Crippen LogP contribution in [0.4, 0.5) is 10.1 Å². The van der Waals surface area contributed by atoms with Gasteiger partial charge in [0.2, 0.25) is 5.91 Å². The fourth-order valence-electron chi connectivity index (χ4n) is 5.57. The molecule has 3 rings (SSSR count). The number of unbranched alkanes of at least 4 members (excludes halogenated alkanes) is 5. The van der Waals surface area contributed by atoms with Crippen LogP contribution in [0.15, 0.2) is 36.4 Å². The van der Waals surface area contributed by atoms with Crippen LogP contribution in [-0.4, -0.2) is 54.0 Å². The Bertz CT molecular complexity index is 850. The van der Waals surface area contributed by atoms with Gasteiger partial charge in [-0.2, -0.15) is 0 Å². The molecule has 3 atom stereocenters. The molecule has 1 N–H and O–H groups in total. The fraction of sp³-hybridized carbons (Fsp3) is 0.667. The zero-order valence-corrected chi connectivity index (χ0v) is 22.0. The van der Waals surface area contributed by atoms with E-state index in [2.05, 4.69) is 13.0 Å². The predicted octanol–water partition coefficient (Wildman–Crippen LogP) is 5.91. The van der Waals surface area contributed by atoms with Gasteiger partial charge in [-0.3, -0.25) is 9.59 Å². The number of nitrogens with zero attached hydrogens (tertiary/aromatic N) is 2. The molecule has 0 unspecified atom stereocenters. The molecule has 1 aliphatic heterocycles.